The number of carbonyl (C=O) groups excluding carboxylic acids is 19. The van der Waals surface area contributed by atoms with Gasteiger partial charge >= 0.3 is 35.9 Å². The lowest BCUT2D eigenvalue weighted by atomic mass is 10.0. The number of aliphatic imine (C=N–C) groups is 1. The summed E-state index contributed by atoms with van der Waals surface area (Å²) in [6, 6.07) is -0.257. The first-order chi connectivity index (χ1) is 67.8. The monoisotopic (exact) mass is 2110 g/mol. The van der Waals surface area contributed by atoms with Crippen molar-refractivity contribution in [3.8, 4) is 12.8 Å². The topological polar surface area (TPSA) is 685 Å². The molecule has 40 nitrogen and oxygen atoms in total. The standard InChI is InChI=1S/C41H63N11O12S.2C10H18O3S.C6H10O3S.2C4H8O.4C4H8.C2H2.6CH2O/c42-17-7-6-13-27-34(57)50-30(20-24-10-3-1-4-11-24)37(60)48-28(14-9-19-46-40(43)44)36(59)52-41(64)51-31(22-33(55)56)38(61)49-29(35(58)47-27)15-16-32(54)45-18-8-2-5-12-26(53)21-25(23-65)39(62)63;2*1-3-4-5-14-7-9(10(12)13)6-8(2)11;1-4(7)2-5(3-10)6(8)9;2*1-3-4(2)5;4*1-3-4-2;7*1-2/h1,3-4,10-11,25,27-31,65H,2,5-9,12-23,42H2,(H,45,54)(H,47,58)(H,48,60)(H,49,61)(H,50,57)(H,55,56)(H,62,63)(H4,43,44,46)(H2,51,52,59,64);2*9H,3-7H2,1-2H3,(H,12,13);5,10H,2-3H2,1H3,(H,8,9);2*3H2,1-2H3;4*3H,1,4H2,2H3;1-2H;6*1H2. The van der Waals surface area contributed by atoms with E-state index in [2.05, 4.69) is 143 Å². The molecule has 1 fully saturated rings. The molecule has 9 unspecified atom stereocenters. The zero-order valence-corrected chi connectivity index (χ0v) is 89.9. The number of aliphatic carboxylic acids is 5. The van der Waals surface area contributed by atoms with Gasteiger partial charge in [0, 0.05) is 93.9 Å². The number of benzene rings is 1. The SMILES string of the molecule is C#C.C=CCC.C=CCC.C=CCC.C=CCC.C=O.C=O.C=O.C=O.C=O.C=O.CC(=O)CC(CS)C(=O)O.CCC(C)=O.CCC(C)=O.CCCCSCC(CC(C)=O)C(=O)O.CCCCSCC(CC(C)=O)C(=O)O.NCCCCC1NC(=O)C(CCC(=O)NCCCCCC(=O)CC(CS)C(=O)O)NC(=O)C(CC(=O)O)NC(=O)NC(=O)C(CCCN=C(N)N)NC(=O)C(Cc2ccccc2)NC1=O. The third-order valence-corrected chi connectivity index (χ3v) is 20.4. The lowest BCUT2D eigenvalue weighted by Crippen LogP contribution is -2.59. The fourth-order valence-corrected chi connectivity index (χ4v) is 12.2. The highest BCUT2D eigenvalue weighted by Crippen LogP contribution is 2.18. The molecule has 1 aliphatic heterocycles. The van der Waals surface area contributed by atoms with Crippen LogP contribution in [-0.2, 0) is 117 Å². The third-order valence-electron chi connectivity index (χ3n) is 17.0. The first-order valence-electron chi connectivity index (χ1n) is 45.7. The number of thioether (sulfide) groups is 2. The first-order valence-corrected chi connectivity index (χ1v) is 49.3. The number of carboxylic acids is 5. The first kappa shape index (κ1) is 165. The number of thiol groups is 2. The zero-order chi connectivity index (χ0) is 115. The van der Waals surface area contributed by atoms with Gasteiger partial charge in [0.25, 0.3) is 5.91 Å². The number of Topliss-reactive ketones (excluding diaryl/α,β-unsaturated/α-hetero) is 6. The zero-order valence-electron chi connectivity index (χ0n) is 86.5. The van der Waals surface area contributed by atoms with Crippen molar-refractivity contribution in [2.45, 2.75) is 294 Å². The minimum atomic E-state index is -1.87. The molecule has 2 rings (SSSR count). The van der Waals surface area contributed by atoms with E-state index in [0.29, 0.717) is 62.0 Å². The summed E-state index contributed by atoms with van der Waals surface area (Å²) in [5.74, 6) is -10.0. The van der Waals surface area contributed by atoms with E-state index in [1.54, 1.807) is 67.7 Å². The van der Waals surface area contributed by atoms with Crippen LogP contribution < -0.4 is 54.4 Å². The molecule has 9 atom stereocenters. The van der Waals surface area contributed by atoms with Crippen molar-refractivity contribution < 1.29 is 141 Å². The van der Waals surface area contributed by atoms with Crippen molar-refractivity contribution in [2.24, 2.45) is 45.9 Å². The van der Waals surface area contributed by atoms with Gasteiger partial charge in [-0.25, -0.2) is 4.79 Å². The number of urea groups is 1. The molecular formula is C99H171N11O29S4. The molecule has 820 valence electrons. The second-order valence-corrected chi connectivity index (χ2v) is 32.2. The summed E-state index contributed by atoms with van der Waals surface area (Å²) in [6.45, 7) is 50.0. The summed E-state index contributed by atoms with van der Waals surface area (Å²) in [6.07, 6.45) is 26.5. The Morgan fingerprint density at radius 1 is 0.441 bits per heavy atom. The molecule has 1 aliphatic rings. The second-order valence-electron chi connectivity index (χ2n) is 29.2. The van der Waals surface area contributed by atoms with E-state index in [1.807, 2.05) is 84.2 Å². The van der Waals surface area contributed by atoms with Crippen molar-refractivity contribution in [1.82, 2.24) is 37.2 Å². The number of imide groups is 1. The number of terminal acetylenes is 1. The Bertz CT molecular complexity index is 3520. The van der Waals surface area contributed by atoms with Gasteiger partial charge in [0.2, 0.25) is 29.5 Å². The molecule has 18 N–H and O–H groups in total. The second kappa shape index (κ2) is 128. The van der Waals surface area contributed by atoms with Crippen LogP contribution in [0.4, 0.5) is 4.79 Å². The van der Waals surface area contributed by atoms with Gasteiger partial charge in [-0.2, -0.15) is 48.8 Å². The van der Waals surface area contributed by atoms with Gasteiger partial charge in [-0.15, -0.1) is 39.2 Å². The van der Waals surface area contributed by atoms with Gasteiger partial charge in [-0.3, -0.25) is 67.8 Å². The van der Waals surface area contributed by atoms with Crippen LogP contribution in [0.5, 0.6) is 0 Å². The van der Waals surface area contributed by atoms with E-state index in [4.69, 9.17) is 66.4 Å². The van der Waals surface area contributed by atoms with E-state index in [0.717, 1.165) is 62.9 Å². The lowest BCUT2D eigenvalue weighted by Gasteiger charge is -2.26. The van der Waals surface area contributed by atoms with E-state index in [-0.39, 0.29) is 142 Å². The number of carbonyl (C=O) groups is 24. The Morgan fingerprint density at radius 2 is 0.776 bits per heavy atom. The molecule has 0 bridgehead atoms. The number of nitrogens with one attached hydrogen (secondary N) is 7. The summed E-state index contributed by atoms with van der Waals surface area (Å²) in [5, 5.41) is 61.8. The number of nitrogens with two attached hydrogens (primary N) is 3. The predicted molar refractivity (Wildman–Crippen MR) is 573 cm³/mol. The highest BCUT2D eigenvalue weighted by molar-refractivity contribution is 7.99. The summed E-state index contributed by atoms with van der Waals surface area (Å²) in [4.78, 5) is 266. The molecule has 0 spiro atoms. The number of allylic oxidation sites excluding steroid dienone is 4. The predicted octanol–water partition coefficient (Wildman–Crippen LogP) is 10.5. The van der Waals surface area contributed by atoms with Crippen molar-refractivity contribution in [1.29, 1.82) is 0 Å². The number of nitrogens with zero attached hydrogens (tertiary/aromatic N) is 1. The summed E-state index contributed by atoms with van der Waals surface area (Å²) in [7, 11) is 0. The average molecular weight is 2110 g/mol. The maximum atomic E-state index is 14.1. The van der Waals surface area contributed by atoms with Gasteiger partial charge in [0.15, 0.2) is 5.96 Å². The maximum absolute atomic E-state index is 14.1. The number of carboxylic acid groups (broad SMARTS) is 5. The fourth-order valence-electron chi connectivity index (χ4n) is 9.20. The molecule has 0 aliphatic carbocycles. The molecular weight excluding hydrogens is 1940 g/mol. The molecule has 0 aromatic heterocycles. The van der Waals surface area contributed by atoms with Crippen molar-refractivity contribution in [3.63, 3.8) is 0 Å². The van der Waals surface area contributed by atoms with E-state index >= 15 is 0 Å². The summed E-state index contributed by atoms with van der Waals surface area (Å²) in [5.41, 5.74) is 17.2. The summed E-state index contributed by atoms with van der Waals surface area (Å²) < 4.78 is 0. The van der Waals surface area contributed by atoms with Gasteiger partial charge in [-0.1, -0.05) is 129 Å². The van der Waals surface area contributed by atoms with Gasteiger partial charge in [-0.05, 0) is 148 Å². The molecule has 1 aromatic rings. The van der Waals surface area contributed by atoms with Crippen LogP contribution >= 0.6 is 48.8 Å². The average Bonchev–Trinajstić information content (AvgIpc) is 1.32. The number of hydrogen-bond acceptors (Lipinski definition) is 30. The molecule has 1 saturated heterocycles. The Kier molecular flexibility index (Phi) is 147. The highest BCUT2D eigenvalue weighted by atomic mass is 32.2. The van der Waals surface area contributed by atoms with Crippen LogP contribution in [-0.4, -0.2) is 263 Å². The van der Waals surface area contributed by atoms with Gasteiger partial charge in [0.1, 0.15) is 106 Å². The van der Waals surface area contributed by atoms with Gasteiger partial charge in [0.05, 0.1) is 30.1 Å². The molecule has 8 amide bonds. The summed E-state index contributed by atoms with van der Waals surface area (Å²) >= 11 is 11.0. The van der Waals surface area contributed by atoms with Crippen molar-refractivity contribution >= 4 is 201 Å². The Morgan fingerprint density at radius 3 is 1.10 bits per heavy atom. The number of ketones is 6. The fraction of sp³-hybridized carbons (Fsp3) is 0.586. The number of guanidine groups is 1. The molecule has 143 heavy (non-hydrogen) atoms. The number of amides is 8. The normalized spacial score (nSPS) is 14.0. The van der Waals surface area contributed by atoms with Crippen LogP contribution in [0, 0.1) is 36.5 Å². The maximum Gasteiger partial charge on any atom is 0.322 e. The molecule has 1 aromatic carbocycles. The van der Waals surface area contributed by atoms with Crippen LogP contribution in [0.25, 0.3) is 0 Å². The Labute approximate surface area is 867 Å². The van der Waals surface area contributed by atoms with E-state index < -0.39 is 132 Å². The smallest absolute Gasteiger partial charge is 0.322 e. The number of hydrogen-bond donors (Lipinski definition) is 17. The molecule has 0 saturated carbocycles. The van der Waals surface area contributed by atoms with E-state index in [9.17, 15) is 91.4 Å². The minimum Gasteiger partial charge on any atom is -0.481 e. The van der Waals surface area contributed by atoms with Crippen LogP contribution in [0.1, 0.15) is 263 Å². The van der Waals surface area contributed by atoms with E-state index in [1.165, 1.54) is 20.8 Å². The van der Waals surface area contributed by atoms with Crippen molar-refractivity contribution in [3.05, 3.63) is 86.5 Å². The largest absolute Gasteiger partial charge is 0.481 e. The third kappa shape index (κ3) is 126. The highest BCUT2D eigenvalue weighted by Gasteiger charge is 2.35. The van der Waals surface area contributed by atoms with Crippen molar-refractivity contribution in [2.75, 3.05) is 54.2 Å². The van der Waals surface area contributed by atoms with Crippen LogP contribution in [0.3, 0.4) is 0 Å². The quantitative estimate of drug-likeness (QED) is 0.00719. The van der Waals surface area contributed by atoms with Gasteiger partial charge < -0.3 is 127 Å². The number of unbranched alkanes of at least 4 members (excludes halogenated alkanes) is 5. The molecule has 44 heteroatoms. The van der Waals surface area contributed by atoms with Crippen LogP contribution in [0.15, 0.2) is 85.9 Å². The Balaban J connectivity index is -0.000000129. The molecule has 1 heterocycles. The Hall–Kier alpha value is -12.0. The minimum absolute atomic E-state index is 0.0179. The lowest BCUT2D eigenvalue weighted by molar-refractivity contribution is -0.143. The number of rotatable bonds is 51. The van der Waals surface area contributed by atoms with Crippen LogP contribution in [0.2, 0.25) is 0 Å². The molecule has 0 radical (unpaired) electrons.